The normalized spacial score (nSPS) is 11.0. The predicted molar refractivity (Wildman–Crippen MR) is 100 cm³/mol. The number of aromatic amines is 1. The first-order chi connectivity index (χ1) is 13.0. The van der Waals surface area contributed by atoms with E-state index in [1.54, 1.807) is 24.3 Å². The van der Waals surface area contributed by atoms with Crippen molar-refractivity contribution in [3.63, 3.8) is 0 Å². The van der Waals surface area contributed by atoms with Crippen LogP contribution in [0.15, 0.2) is 57.2 Å². The van der Waals surface area contributed by atoms with Gasteiger partial charge in [-0.25, -0.2) is 4.79 Å². The smallest absolute Gasteiger partial charge is 0.337 e. The van der Waals surface area contributed by atoms with E-state index in [4.69, 9.17) is 4.74 Å². The van der Waals surface area contributed by atoms with Crippen molar-refractivity contribution >= 4 is 44.4 Å². The Morgan fingerprint density at radius 3 is 2.63 bits per heavy atom. The minimum Gasteiger partial charge on any atom is -0.493 e. The van der Waals surface area contributed by atoms with Gasteiger partial charge in [-0.05, 0) is 42.5 Å². The summed E-state index contributed by atoms with van der Waals surface area (Å²) in [6.07, 6.45) is 0. The number of methoxy groups -OCH3 is 1. The summed E-state index contributed by atoms with van der Waals surface area (Å²) in [7, 11) is 1.29. The van der Waals surface area contributed by atoms with Gasteiger partial charge in [0.2, 0.25) is 5.88 Å². The lowest BCUT2D eigenvalue weighted by Crippen LogP contribution is -2.08. The highest BCUT2D eigenvalue weighted by Crippen LogP contribution is 2.36. The number of amides is 1. The van der Waals surface area contributed by atoms with Crippen LogP contribution in [0.1, 0.15) is 10.4 Å². The third-order valence-corrected chi connectivity index (χ3v) is 4.11. The minimum atomic E-state index is -0.629. The van der Waals surface area contributed by atoms with Gasteiger partial charge in [-0.3, -0.25) is 4.79 Å². The molecular formula is C18H14BrN3O5. The Kier molecular flexibility index (Phi) is 5.51. The van der Waals surface area contributed by atoms with Crippen molar-refractivity contribution < 1.29 is 24.2 Å². The van der Waals surface area contributed by atoms with E-state index in [0.29, 0.717) is 22.2 Å². The number of esters is 1. The first-order valence-corrected chi connectivity index (χ1v) is 8.53. The number of hydrogen-bond donors (Lipinski definition) is 2. The van der Waals surface area contributed by atoms with Crippen LogP contribution in [-0.2, 0) is 9.53 Å². The number of nitrogens with one attached hydrogen (secondary N) is 1. The Morgan fingerprint density at radius 2 is 1.93 bits per heavy atom. The minimum absolute atomic E-state index is 0.169. The summed E-state index contributed by atoms with van der Waals surface area (Å²) in [4.78, 5) is 26.0. The number of aromatic hydroxyl groups is 1. The summed E-state index contributed by atoms with van der Waals surface area (Å²) >= 11 is 3.34. The van der Waals surface area contributed by atoms with Gasteiger partial charge in [0.15, 0.2) is 12.3 Å². The van der Waals surface area contributed by atoms with Crippen LogP contribution in [0, 0.1) is 0 Å². The molecule has 1 aromatic heterocycles. The first-order valence-electron chi connectivity index (χ1n) is 7.74. The summed E-state index contributed by atoms with van der Waals surface area (Å²) < 4.78 is 10.7. The fourth-order valence-corrected chi connectivity index (χ4v) is 2.68. The van der Waals surface area contributed by atoms with Crippen molar-refractivity contribution in [3.8, 4) is 11.6 Å². The van der Waals surface area contributed by atoms with Gasteiger partial charge in [0.25, 0.3) is 0 Å². The number of carbonyl (C=O) groups excluding carboxylic acids is 2. The molecule has 27 heavy (non-hydrogen) atoms. The van der Waals surface area contributed by atoms with Gasteiger partial charge in [0.1, 0.15) is 5.75 Å². The lowest BCUT2D eigenvalue weighted by molar-refractivity contribution is -0.120. The van der Waals surface area contributed by atoms with Crippen LogP contribution in [0.5, 0.6) is 11.6 Å². The third-order valence-electron chi connectivity index (χ3n) is 3.61. The number of H-pyrrole nitrogens is 1. The Morgan fingerprint density at radius 1 is 1.19 bits per heavy atom. The molecular weight excluding hydrogens is 418 g/mol. The van der Waals surface area contributed by atoms with Crippen LogP contribution in [0.4, 0.5) is 5.69 Å². The monoisotopic (exact) mass is 431 g/mol. The number of benzene rings is 2. The number of aromatic nitrogens is 1. The van der Waals surface area contributed by atoms with Crippen LogP contribution in [0.25, 0.3) is 10.9 Å². The van der Waals surface area contributed by atoms with E-state index in [2.05, 4.69) is 35.9 Å². The first kappa shape index (κ1) is 18.6. The van der Waals surface area contributed by atoms with E-state index in [-0.39, 0.29) is 18.2 Å². The molecule has 0 fully saturated rings. The van der Waals surface area contributed by atoms with Crippen LogP contribution in [-0.4, -0.2) is 35.7 Å². The number of ether oxygens (including phenoxy) is 2. The Labute approximate surface area is 161 Å². The van der Waals surface area contributed by atoms with Crippen molar-refractivity contribution in [2.45, 2.75) is 0 Å². The summed E-state index contributed by atoms with van der Waals surface area (Å²) in [5.74, 6) is -0.878. The summed E-state index contributed by atoms with van der Waals surface area (Å²) in [6, 6.07) is 11.5. The summed E-state index contributed by atoms with van der Waals surface area (Å²) in [5.41, 5.74) is 1.21. The lowest BCUT2D eigenvalue weighted by Gasteiger charge is -2.04. The average Bonchev–Trinajstić information content (AvgIpc) is 2.98. The number of carbonyl (C=O) groups is 2. The summed E-state index contributed by atoms with van der Waals surface area (Å²) in [6.45, 7) is -0.339. The largest absolute Gasteiger partial charge is 0.493 e. The molecule has 0 unspecified atom stereocenters. The molecule has 0 aliphatic heterocycles. The molecule has 0 bridgehead atoms. The predicted octanol–water partition coefficient (Wildman–Crippen LogP) is 4.11. The number of nitrogens with zero attached hydrogens (tertiary/aromatic N) is 2. The molecule has 2 aromatic carbocycles. The second-order valence-corrected chi connectivity index (χ2v) is 6.33. The maximum atomic E-state index is 11.9. The van der Waals surface area contributed by atoms with E-state index in [1.807, 2.05) is 6.07 Å². The van der Waals surface area contributed by atoms with Crippen LogP contribution < -0.4 is 4.74 Å². The SMILES string of the molecule is COC(=O)c1ccc(OCC(=O)N=Nc2c(O)[nH]c3ccc(Br)cc23)cc1. The molecule has 9 heteroatoms. The third kappa shape index (κ3) is 4.32. The topological polar surface area (TPSA) is 113 Å². The molecule has 3 rings (SSSR count). The molecule has 0 aliphatic carbocycles. The van der Waals surface area contributed by atoms with Crippen LogP contribution in [0.2, 0.25) is 0 Å². The van der Waals surface area contributed by atoms with Gasteiger partial charge in [-0.15, -0.1) is 10.2 Å². The zero-order chi connectivity index (χ0) is 19.4. The lowest BCUT2D eigenvalue weighted by atomic mass is 10.2. The number of halogens is 1. The number of rotatable bonds is 5. The highest BCUT2D eigenvalue weighted by atomic mass is 79.9. The molecule has 1 amide bonds. The van der Waals surface area contributed by atoms with Crippen molar-refractivity contribution in [1.29, 1.82) is 0 Å². The van der Waals surface area contributed by atoms with Gasteiger partial charge in [0.05, 0.1) is 18.2 Å². The fraction of sp³-hybridized carbons (Fsp3) is 0.111. The highest BCUT2D eigenvalue weighted by Gasteiger charge is 2.12. The second-order valence-electron chi connectivity index (χ2n) is 5.41. The van der Waals surface area contributed by atoms with E-state index in [9.17, 15) is 14.7 Å². The van der Waals surface area contributed by atoms with E-state index in [0.717, 1.165) is 4.47 Å². The fourth-order valence-electron chi connectivity index (χ4n) is 2.32. The van der Waals surface area contributed by atoms with Crippen LogP contribution in [0.3, 0.4) is 0 Å². The Balaban J connectivity index is 1.65. The number of azo groups is 1. The van der Waals surface area contributed by atoms with Crippen molar-refractivity contribution in [3.05, 3.63) is 52.5 Å². The average molecular weight is 432 g/mol. The van der Waals surface area contributed by atoms with Gasteiger partial charge >= 0.3 is 11.9 Å². The Hall–Kier alpha value is -3.20. The molecule has 0 saturated heterocycles. The van der Waals surface area contributed by atoms with Crippen LogP contribution >= 0.6 is 15.9 Å². The Bertz CT molecular complexity index is 1030. The summed E-state index contributed by atoms with van der Waals surface area (Å²) in [5, 5.41) is 18.0. The maximum absolute atomic E-state index is 11.9. The molecule has 2 N–H and O–H groups in total. The maximum Gasteiger partial charge on any atom is 0.337 e. The molecule has 0 spiro atoms. The molecule has 0 aliphatic rings. The molecule has 8 nitrogen and oxygen atoms in total. The van der Waals surface area contributed by atoms with E-state index in [1.165, 1.54) is 19.2 Å². The molecule has 0 saturated carbocycles. The zero-order valence-corrected chi connectivity index (χ0v) is 15.7. The van der Waals surface area contributed by atoms with Crippen molar-refractivity contribution in [2.75, 3.05) is 13.7 Å². The van der Waals surface area contributed by atoms with Gasteiger partial charge in [0, 0.05) is 9.86 Å². The number of hydrogen-bond acceptors (Lipinski definition) is 6. The van der Waals surface area contributed by atoms with E-state index < -0.39 is 11.9 Å². The molecule has 1 heterocycles. The van der Waals surface area contributed by atoms with Gasteiger partial charge in [-0.1, -0.05) is 15.9 Å². The molecule has 3 aromatic rings. The van der Waals surface area contributed by atoms with E-state index >= 15 is 0 Å². The standard InChI is InChI=1S/C18H14BrN3O5/c1-26-18(25)10-2-5-12(6-3-10)27-9-15(23)21-22-16-13-8-11(19)4-7-14(13)20-17(16)24/h2-8,20,24H,9H2,1H3. The highest BCUT2D eigenvalue weighted by molar-refractivity contribution is 9.10. The van der Waals surface area contributed by atoms with Crippen molar-refractivity contribution in [2.24, 2.45) is 10.2 Å². The molecule has 0 atom stereocenters. The number of fused-ring (bicyclic) bond motifs is 1. The quantitative estimate of drug-likeness (QED) is 0.465. The molecule has 138 valence electrons. The second kappa shape index (κ2) is 8.00. The van der Waals surface area contributed by atoms with Gasteiger partial charge in [-0.2, -0.15) is 0 Å². The van der Waals surface area contributed by atoms with Gasteiger partial charge < -0.3 is 19.6 Å². The van der Waals surface area contributed by atoms with Crippen molar-refractivity contribution in [1.82, 2.24) is 4.98 Å². The molecule has 0 radical (unpaired) electrons. The zero-order valence-electron chi connectivity index (χ0n) is 14.1.